The lowest BCUT2D eigenvalue weighted by Gasteiger charge is -2.39. The van der Waals surface area contributed by atoms with Gasteiger partial charge in [0.05, 0.1) is 24.1 Å². The maximum Gasteiger partial charge on any atom is 0.430 e. The van der Waals surface area contributed by atoms with Crippen molar-refractivity contribution in [2.24, 2.45) is 11.8 Å². The minimum Gasteiger partial charge on any atom is -0.497 e. The van der Waals surface area contributed by atoms with E-state index in [1.54, 1.807) is 6.92 Å². The Bertz CT molecular complexity index is 1270. The van der Waals surface area contributed by atoms with Crippen LogP contribution in [0.1, 0.15) is 48.5 Å². The van der Waals surface area contributed by atoms with Crippen LogP contribution in [0.15, 0.2) is 42.5 Å². The first-order valence-corrected chi connectivity index (χ1v) is 13.7. The molecular weight excluding hydrogens is 587 g/mol. The lowest BCUT2D eigenvalue weighted by atomic mass is 9.85. The Morgan fingerprint density at radius 1 is 1.07 bits per heavy atom. The molecule has 2 atom stereocenters. The highest BCUT2D eigenvalue weighted by Crippen LogP contribution is 2.42. The molecule has 1 aliphatic heterocycles. The van der Waals surface area contributed by atoms with Gasteiger partial charge in [-0.2, -0.15) is 22.0 Å². The average Bonchev–Trinajstić information content (AvgIpc) is 2.91. The standard InChI is InChI=1S/C29H34ClF5N2O5/c1-18(17-27(31,32)42-22-8-9-23(24(30)16-22)25(38)36(2)3)14-19-10-12-37(13-11-19)26(39)28(40,29(33,34)35)20-6-5-7-21(15-20)41-4/h5-9,15-16,18-19,40H,10-14,17H2,1-4H3/t18-,28?/m0/s1. The molecule has 232 valence electrons. The Morgan fingerprint density at radius 3 is 2.26 bits per heavy atom. The van der Waals surface area contributed by atoms with E-state index in [1.165, 1.54) is 50.4 Å². The molecule has 42 heavy (non-hydrogen) atoms. The van der Waals surface area contributed by atoms with Crippen LogP contribution in [-0.4, -0.2) is 73.3 Å². The van der Waals surface area contributed by atoms with Gasteiger partial charge >= 0.3 is 12.3 Å². The molecule has 13 heteroatoms. The maximum atomic E-state index is 14.7. The lowest BCUT2D eigenvalue weighted by molar-refractivity contribution is -0.262. The number of benzene rings is 2. The predicted molar refractivity (Wildman–Crippen MR) is 146 cm³/mol. The molecule has 0 bridgehead atoms. The van der Waals surface area contributed by atoms with E-state index in [2.05, 4.69) is 0 Å². The number of carbonyl (C=O) groups is 2. The zero-order valence-electron chi connectivity index (χ0n) is 23.7. The van der Waals surface area contributed by atoms with E-state index >= 15 is 0 Å². The van der Waals surface area contributed by atoms with Gasteiger partial charge in [0.2, 0.25) is 0 Å². The molecule has 1 fully saturated rings. The minimum atomic E-state index is -5.29. The Kier molecular flexibility index (Phi) is 10.4. The number of hydrogen-bond donors (Lipinski definition) is 1. The first kappa shape index (κ1) is 33.4. The van der Waals surface area contributed by atoms with Crippen molar-refractivity contribution in [1.82, 2.24) is 9.80 Å². The van der Waals surface area contributed by atoms with Crippen molar-refractivity contribution in [3.63, 3.8) is 0 Å². The molecule has 2 amide bonds. The third-order valence-electron chi connectivity index (χ3n) is 7.28. The topological polar surface area (TPSA) is 79.3 Å². The number of methoxy groups -OCH3 is 1. The van der Waals surface area contributed by atoms with Crippen LogP contribution in [0.5, 0.6) is 11.5 Å². The number of piperidine rings is 1. The number of carbonyl (C=O) groups excluding carboxylic acids is 2. The first-order valence-electron chi connectivity index (χ1n) is 13.3. The summed E-state index contributed by atoms with van der Waals surface area (Å²) in [6.07, 6.45) is -8.58. The predicted octanol–water partition coefficient (Wildman–Crippen LogP) is 6.13. The van der Waals surface area contributed by atoms with E-state index in [0.29, 0.717) is 6.42 Å². The van der Waals surface area contributed by atoms with E-state index in [1.807, 2.05) is 0 Å². The number of halogens is 6. The summed E-state index contributed by atoms with van der Waals surface area (Å²) in [4.78, 5) is 27.4. The molecule has 1 unspecified atom stereocenters. The molecule has 2 aromatic carbocycles. The van der Waals surface area contributed by atoms with Crippen molar-refractivity contribution < 1.29 is 46.1 Å². The van der Waals surface area contributed by atoms with Crippen molar-refractivity contribution in [1.29, 1.82) is 0 Å². The lowest BCUT2D eigenvalue weighted by Crippen LogP contribution is -2.57. The summed E-state index contributed by atoms with van der Waals surface area (Å²) in [6, 6.07) is 8.32. The SMILES string of the molecule is COc1cccc(C(O)(C(=O)N2CCC(C[C@H](C)CC(F)(F)Oc3ccc(C(=O)N(C)C)c(Cl)c3)CC2)C(F)(F)F)c1. The molecule has 0 radical (unpaired) electrons. The smallest absolute Gasteiger partial charge is 0.430 e. The summed E-state index contributed by atoms with van der Waals surface area (Å²) in [5, 5.41) is 10.7. The molecule has 0 aliphatic carbocycles. The van der Waals surface area contributed by atoms with Gasteiger partial charge in [0.15, 0.2) is 0 Å². The molecule has 1 saturated heterocycles. The summed E-state index contributed by atoms with van der Waals surface area (Å²) in [7, 11) is 4.32. The zero-order valence-corrected chi connectivity index (χ0v) is 24.4. The second-order valence-corrected chi connectivity index (χ2v) is 11.2. The van der Waals surface area contributed by atoms with E-state index in [0.717, 1.165) is 23.1 Å². The Morgan fingerprint density at radius 2 is 1.71 bits per heavy atom. The highest BCUT2D eigenvalue weighted by molar-refractivity contribution is 6.34. The van der Waals surface area contributed by atoms with Crippen molar-refractivity contribution in [3.05, 3.63) is 58.6 Å². The Labute approximate surface area is 246 Å². The Balaban J connectivity index is 1.59. The fourth-order valence-electron chi connectivity index (χ4n) is 5.10. The van der Waals surface area contributed by atoms with E-state index in [-0.39, 0.29) is 59.8 Å². The number of hydrogen-bond acceptors (Lipinski definition) is 5. The Hall–Kier alpha value is -3.12. The van der Waals surface area contributed by atoms with Gasteiger partial charge in [-0.3, -0.25) is 9.59 Å². The van der Waals surface area contributed by atoms with Gasteiger partial charge in [0.25, 0.3) is 17.4 Å². The summed E-state index contributed by atoms with van der Waals surface area (Å²) < 4.78 is 81.4. The van der Waals surface area contributed by atoms with Crippen molar-refractivity contribution in [2.75, 3.05) is 34.3 Å². The second-order valence-electron chi connectivity index (χ2n) is 10.8. The number of rotatable bonds is 10. The van der Waals surface area contributed by atoms with Crippen LogP contribution in [0.3, 0.4) is 0 Å². The summed E-state index contributed by atoms with van der Waals surface area (Å²) >= 11 is 6.08. The number of alkyl halides is 5. The van der Waals surface area contributed by atoms with Crippen LogP contribution in [0.4, 0.5) is 22.0 Å². The molecule has 0 saturated carbocycles. The normalized spacial score (nSPS) is 16.9. The number of nitrogens with zero attached hydrogens (tertiary/aromatic N) is 2. The summed E-state index contributed by atoms with van der Waals surface area (Å²) in [6.45, 7) is 1.48. The van der Waals surface area contributed by atoms with Gasteiger partial charge in [0, 0.05) is 32.7 Å². The van der Waals surface area contributed by atoms with Gasteiger partial charge in [-0.05, 0) is 61.4 Å². The molecule has 0 spiro atoms. The van der Waals surface area contributed by atoms with Crippen LogP contribution in [0, 0.1) is 11.8 Å². The number of amides is 2. The third kappa shape index (κ3) is 7.63. The fourth-order valence-corrected chi connectivity index (χ4v) is 5.35. The van der Waals surface area contributed by atoms with Gasteiger partial charge in [-0.15, -0.1) is 0 Å². The van der Waals surface area contributed by atoms with E-state index in [4.69, 9.17) is 21.1 Å². The molecular formula is C29H34ClF5N2O5. The molecule has 3 rings (SSSR count). The van der Waals surface area contributed by atoms with Crippen LogP contribution >= 0.6 is 11.6 Å². The molecule has 1 aliphatic rings. The third-order valence-corrected chi connectivity index (χ3v) is 7.59. The van der Waals surface area contributed by atoms with Crippen LogP contribution in [0.25, 0.3) is 0 Å². The van der Waals surface area contributed by atoms with E-state index in [9.17, 15) is 36.6 Å². The molecule has 1 N–H and O–H groups in total. The second kappa shape index (κ2) is 13.0. The van der Waals surface area contributed by atoms with E-state index < -0.39 is 41.7 Å². The van der Waals surface area contributed by atoms with Crippen LogP contribution < -0.4 is 9.47 Å². The van der Waals surface area contributed by atoms with Crippen molar-refractivity contribution >= 4 is 23.4 Å². The van der Waals surface area contributed by atoms with Gasteiger partial charge in [-0.1, -0.05) is 30.7 Å². The number of ether oxygens (including phenoxy) is 2. The zero-order chi connectivity index (χ0) is 31.5. The van der Waals surface area contributed by atoms with Crippen molar-refractivity contribution in [2.45, 2.75) is 50.5 Å². The molecule has 7 nitrogen and oxygen atoms in total. The quantitative estimate of drug-likeness (QED) is 0.324. The summed E-state index contributed by atoms with van der Waals surface area (Å²) in [5.41, 5.74) is -4.27. The highest BCUT2D eigenvalue weighted by atomic mass is 35.5. The summed E-state index contributed by atoms with van der Waals surface area (Å²) in [5.74, 6) is -2.68. The largest absolute Gasteiger partial charge is 0.497 e. The average molecular weight is 621 g/mol. The fraction of sp³-hybridized carbons (Fsp3) is 0.517. The highest BCUT2D eigenvalue weighted by Gasteiger charge is 2.62. The number of likely N-dealkylation sites (tertiary alicyclic amines) is 1. The van der Waals surface area contributed by atoms with Crippen LogP contribution in [0.2, 0.25) is 5.02 Å². The monoisotopic (exact) mass is 620 g/mol. The van der Waals surface area contributed by atoms with Gasteiger partial charge in [0.1, 0.15) is 11.5 Å². The minimum absolute atomic E-state index is 0.0276. The van der Waals surface area contributed by atoms with Gasteiger partial charge in [-0.25, -0.2) is 0 Å². The first-order chi connectivity index (χ1) is 19.5. The molecule has 0 aromatic heterocycles. The maximum absolute atomic E-state index is 14.7. The number of aliphatic hydroxyl groups is 1. The van der Waals surface area contributed by atoms with Crippen molar-refractivity contribution in [3.8, 4) is 11.5 Å². The van der Waals surface area contributed by atoms with Gasteiger partial charge < -0.3 is 24.4 Å². The molecule has 2 aromatic rings. The van der Waals surface area contributed by atoms with Crippen LogP contribution in [-0.2, 0) is 10.4 Å². The molecule has 1 heterocycles.